The van der Waals surface area contributed by atoms with Crippen molar-refractivity contribution in [3.8, 4) is 0 Å². The Bertz CT molecular complexity index is 157. The number of quaternary nitrogens is 1. The van der Waals surface area contributed by atoms with E-state index >= 15 is 0 Å². The highest BCUT2D eigenvalue weighted by atomic mass is 17.3. The summed E-state index contributed by atoms with van der Waals surface area (Å²) in [5, 5.41) is 4.27. The minimum Gasteiger partial charge on any atom is -0.273 e. The summed E-state index contributed by atoms with van der Waals surface area (Å²) in [7, 11) is 4.48. The first-order valence-electron chi connectivity index (χ1n) is 3.71. The Morgan fingerprint density at radius 2 is 2.15 bits per heavy atom. The molecule has 0 N–H and O–H groups in total. The summed E-state index contributed by atoms with van der Waals surface area (Å²) in [6.45, 7) is 5.34. The molecule has 0 bridgehead atoms. The Balaban J connectivity index is 4.12. The van der Waals surface area contributed by atoms with Gasteiger partial charge in [0.15, 0.2) is 12.0 Å². The third kappa shape index (κ3) is 4.76. The highest BCUT2D eigenvalue weighted by Crippen LogP contribution is 2.09. The number of rotatable bonds is 7. The van der Waals surface area contributed by atoms with Gasteiger partial charge in [0.25, 0.3) is 0 Å². The summed E-state index contributed by atoms with van der Waals surface area (Å²) in [6.07, 6.45) is 0. The predicted molar refractivity (Wildman–Crippen MR) is 44.3 cm³/mol. The second kappa shape index (κ2) is 5.84. The monoisotopic (exact) mass is 194 g/mol. The standard InChI is InChI=1S/C6H16N3O4/c1-6-11-9(4,12-7-2)13-8(3)10-5/h2,6H2,1,3-5H3/q+1. The summed E-state index contributed by atoms with van der Waals surface area (Å²) in [5.41, 5.74) is 0. The van der Waals surface area contributed by atoms with Crippen LogP contribution in [0.15, 0.2) is 5.16 Å². The van der Waals surface area contributed by atoms with Crippen LogP contribution in [-0.2, 0) is 19.6 Å². The van der Waals surface area contributed by atoms with Crippen molar-refractivity contribution >= 4 is 6.72 Å². The summed E-state index contributed by atoms with van der Waals surface area (Å²) in [4.78, 5) is 18.9. The van der Waals surface area contributed by atoms with Crippen LogP contribution in [0.3, 0.4) is 0 Å². The largest absolute Gasteiger partial charge is 0.273 e. The minimum atomic E-state index is -0.648. The first kappa shape index (κ1) is 12.3. The Labute approximate surface area is 77.4 Å². The molecule has 0 amide bonds. The van der Waals surface area contributed by atoms with Gasteiger partial charge in [-0.3, -0.25) is 4.84 Å². The Kier molecular flexibility index (Phi) is 5.51. The summed E-state index contributed by atoms with van der Waals surface area (Å²) in [5.74, 6) is 0. The van der Waals surface area contributed by atoms with Crippen LogP contribution in [0, 0.1) is 0 Å². The maximum absolute atomic E-state index is 5.08. The Hall–Kier alpha value is -0.730. The number of hydrogen-bond acceptors (Lipinski definition) is 6. The van der Waals surface area contributed by atoms with Crippen molar-refractivity contribution in [2.24, 2.45) is 5.16 Å². The van der Waals surface area contributed by atoms with E-state index in [0.29, 0.717) is 6.61 Å². The lowest BCUT2D eigenvalue weighted by molar-refractivity contribution is -1.37. The number of oxime groups is 1. The van der Waals surface area contributed by atoms with Crippen molar-refractivity contribution in [2.45, 2.75) is 6.92 Å². The van der Waals surface area contributed by atoms with Crippen molar-refractivity contribution in [3.63, 3.8) is 0 Å². The quantitative estimate of drug-likeness (QED) is 0.331. The molecular formula is C6H16N3O4+. The van der Waals surface area contributed by atoms with Gasteiger partial charge >= 0.3 is 0 Å². The van der Waals surface area contributed by atoms with Gasteiger partial charge in [-0.25, -0.2) is 0 Å². The van der Waals surface area contributed by atoms with Crippen molar-refractivity contribution in [1.29, 1.82) is 0 Å². The van der Waals surface area contributed by atoms with E-state index in [4.69, 9.17) is 19.6 Å². The zero-order chi connectivity index (χ0) is 10.3. The van der Waals surface area contributed by atoms with Gasteiger partial charge in [0.1, 0.15) is 6.61 Å². The van der Waals surface area contributed by atoms with E-state index in [0.717, 1.165) is 5.23 Å². The van der Waals surface area contributed by atoms with Crippen LogP contribution >= 0.6 is 0 Å². The zero-order valence-electron chi connectivity index (χ0n) is 8.39. The van der Waals surface area contributed by atoms with Crippen LogP contribution in [0.1, 0.15) is 6.92 Å². The Morgan fingerprint density at radius 3 is 2.54 bits per heavy atom. The summed E-state index contributed by atoms with van der Waals surface area (Å²) >= 11 is 0. The molecule has 0 aromatic rings. The molecule has 0 saturated carbocycles. The second-order valence-corrected chi connectivity index (χ2v) is 2.10. The van der Waals surface area contributed by atoms with E-state index in [1.54, 1.807) is 14.0 Å². The molecule has 78 valence electrons. The first-order valence-corrected chi connectivity index (χ1v) is 3.71. The van der Waals surface area contributed by atoms with E-state index in [-0.39, 0.29) is 0 Å². The van der Waals surface area contributed by atoms with Crippen LogP contribution < -0.4 is 0 Å². The van der Waals surface area contributed by atoms with Gasteiger partial charge in [0.2, 0.25) is 0 Å². The SMILES string of the molecule is C=NO[N+](C)(OCC)ON(C)OC. The molecule has 0 aliphatic carbocycles. The molecule has 0 aromatic heterocycles. The molecule has 0 aliphatic rings. The lowest BCUT2D eigenvalue weighted by atomic mass is 10.9. The predicted octanol–water partition coefficient (Wildman–Crippen LogP) is 0.272. The highest BCUT2D eigenvalue weighted by Gasteiger charge is 2.32. The van der Waals surface area contributed by atoms with Crippen molar-refractivity contribution in [2.75, 3.05) is 27.8 Å². The summed E-state index contributed by atoms with van der Waals surface area (Å²) < 4.78 is 0. The average Bonchev–Trinajstić information content (AvgIpc) is 2.04. The topological polar surface area (TPSA) is 52.5 Å². The van der Waals surface area contributed by atoms with E-state index < -0.39 is 4.97 Å². The third-order valence-electron chi connectivity index (χ3n) is 1.09. The lowest BCUT2D eigenvalue weighted by Crippen LogP contribution is -2.46. The fourth-order valence-electron chi connectivity index (χ4n) is 0.644. The van der Waals surface area contributed by atoms with Crippen LogP contribution in [0.2, 0.25) is 0 Å². The van der Waals surface area contributed by atoms with Gasteiger partial charge in [0.05, 0.1) is 7.11 Å². The molecule has 0 heterocycles. The number of hydrogen-bond donors (Lipinski definition) is 0. The van der Waals surface area contributed by atoms with Crippen molar-refractivity contribution < 1.29 is 24.5 Å². The van der Waals surface area contributed by atoms with E-state index in [1.807, 2.05) is 0 Å². The minimum absolute atomic E-state index is 0.392. The summed E-state index contributed by atoms with van der Waals surface area (Å²) in [6, 6.07) is 0. The van der Waals surface area contributed by atoms with Crippen molar-refractivity contribution in [1.82, 2.24) is 5.23 Å². The van der Waals surface area contributed by atoms with Gasteiger partial charge in [-0.1, -0.05) is 0 Å². The molecule has 7 heteroatoms. The number of hydroxylamine groups is 5. The van der Waals surface area contributed by atoms with E-state index in [2.05, 4.69) is 11.9 Å². The van der Waals surface area contributed by atoms with Crippen LogP contribution in [0.25, 0.3) is 0 Å². The zero-order valence-corrected chi connectivity index (χ0v) is 8.39. The molecule has 0 rings (SSSR count). The van der Waals surface area contributed by atoms with E-state index in [1.165, 1.54) is 14.2 Å². The maximum atomic E-state index is 5.08. The van der Waals surface area contributed by atoms with E-state index in [9.17, 15) is 0 Å². The van der Waals surface area contributed by atoms with Gasteiger partial charge in [-0.05, 0) is 17.3 Å². The maximum Gasteiger partial charge on any atom is 0.184 e. The molecule has 0 radical (unpaired) electrons. The number of nitrogens with zero attached hydrogens (tertiary/aromatic N) is 3. The van der Waals surface area contributed by atoms with Crippen LogP contribution in [0.5, 0.6) is 0 Å². The molecule has 1 atom stereocenters. The molecule has 0 aromatic carbocycles. The molecule has 0 fully saturated rings. The first-order chi connectivity index (χ1) is 6.08. The smallest absolute Gasteiger partial charge is 0.184 e. The molecule has 0 aliphatic heterocycles. The van der Waals surface area contributed by atoms with Crippen LogP contribution in [0.4, 0.5) is 0 Å². The second-order valence-electron chi connectivity index (χ2n) is 2.10. The molecule has 13 heavy (non-hydrogen) atoms. The van der Waals surface area contributed by atoms with Crippen LogP contribution in [-0.4, -0.2) is 44.7 Å². The van der Waals surface area contributed by atoms with Gasteiger partial charge < -0.3 is 0 Å². The molecule has 0 spiro atoms. The third-order valence-corrected chi connectivity index (χ3v) is 1.09. The normalized spacial score (nSPS) is 15.5. The van der Waals surface area contributed by atoms with Gasteiger partial charge in [-0.15, -0.1) is 9.78 Å². The van der Waals surface area contributed by atoms with Gasteiger partial charge in [0, 0.05) is 18.7 Å². The lowest BCUT2D eigenvalue weighted by Gasteiger charge is -2.23. The fraction of sp³-hybridized carbons (Fsp3) is 0.833. The highest BCUT2D eigenvalue weighted by molar-refractivity contribution is 5.21. The fourth-order valence-corrected chi connectivity index (χ4v) is 0.644. The molecule has 7 nitrogen and oxygen atoms in total. The molecule has 0 saturated heterocycles. The Morgan fingerprint density at radius 1 is 1.54 bits per heavy atom. The van der Waals surface area contributed by atoms with Gasteiger partial charge in [-0.2, -0.15) is 0 Å². The van der Waals surface area contributed by atoms with Crippen molar-refractivity contribution in [3.05, 3.63) is 0 Å². The molecule has 1 unspecified atom stereocenters. The average molecular weight is 194 g/mol. The molecular weight excluding hydrogens is 178 g/mol.